The van der Waals surface area contributed by atoms with Gasteiger partial charge in [0.25, 0.3) is 0 Å². The van der Waals surface area contributed by atoms with Gasteiger partial charge in [0.1, 0.15) is 5.69 Å². The van der Waals surface area contributed by atoms with Crippen LogP contribution in [0.3, 0.4) is 0 Å². The third-order valence-corrected chi connectivity index (χ3v) is 2.74. The molecule has 2 amide bonds. The lowest BCUT2D eigenvalue weighted by Gasteiger charge is -2.02. The Morgan fingerprint density at radius 3 is 2.45 bits per heavy atom. The van der Waals surface area contributed by atoms with Gasteiger partial charge in [-0.05, 0) is 23.8 Å². The second kappa shape index (κ2) is 7.03. The summed E-state index contributed by atoms with van der Waals surface area (Å²) in [6.45, 7) is 1.43. The van der Waals surface area contributed by atoms with E-state index < -0.39 is 5.91 Å². The number of carbonyl (C=O) groups excluding carboxylic acids is 2. The summed E-state index contributed by atoms with van der Waals surface area (Å²) in [5.41, 5.74) is 1.41. The van der Waals surface area contributed by atoms with E-state index in [1.54, 1.807) is 30.3 Å². The number of carbonyl (C=O) groups is 2. The largest absolute Gasteiger partial charge is 0.366 e. The monoisotopic (exact) mass is 297 g/mol. The Balaban J connectivity index is 1.99. The van der Waals surface area contributed by atoms with Crippen LogP contribution in [0.2, 0.25) is 0 Å². The highest BCUT2D eigenvalue weighted by atomic mass is 16.2. The van der Waals surface area contributed by atoms with E-state index in [2.05, 4.69) is 15.6 Å². The molecule has 112 valence electrons. The zero-order chi connectivity index (χ0) is 15.9. The van der Waals surface area contributed by atoms with Gasteiger partial charge in [-0.3, -0.25) is 14.4 Å². The van der Waals surface area contributed by atoms with E-state index in [-0.39, 0.29) is 17.0 Å². The number of amides is 2. The Morgan fingerprint density at radius 2 is 1.82 bits per heavy atom. The molecule has 22 heavy (non-hydrogen) atoms. The second-order valence-corrected chi connectivity index (χ2v) is 4.55. The zero-order valence-corrected chi connectivity index (χ0v) is 11.9. The Hall–Kier alpha value is -3.15. The predicted molar refractivity (Wildman–Crippen MR) is 85.5 cm³/mol. The second-order valence-electron chi connectivity index (χ2n) is 4.55. The smallest absolute Gasteiger partial charge is 0.248 e. The molecule has 1 heterocycles. The number of hydrogen-bond acceptors (Lipinski definition) is 3. The summed E-state index contributed by atoms with van der Waals surface area (Å²) in [6.07, 6.45) is 5.87. The highest BCUT2D eigenvalue weighted by Gasteiger charge is 2.01. The van der Waals surface area contributed by atoms with Crippen molar-refractivity contribution >= 4 is 29.3 Å². The van der Waals surface area contributed by atoms with E-state index in [0.29, 0.717) is 5.69 Å². The van der Waals surface area contributed by atoms with Gasteiger partial charge in [0.05, 0.1) is 0 Å². The van der Waals surface area contributed by atoms with Crippen LogP contribution in [0.25, 0.3) is 6.08 Å². The molecule has 0 unspecified atom stereocenters. The fraction of sp³-hybridized carbons (Fsp3) is 0.0625. The highest BCUT2D eigenvalue weighted by Crippen LogP contribution is 2.10. The lowest BCUT2D eigenvalue weighted by atomic mass is 10.2. The van der Waals surface area contributed by atoms with Crippen molar-refractivity contribution in [3.8, 4) is 0 Å². The lowest BCUT2D eigenvalue weighted by Crippen LogP contribution is -2.15. The normalized spacial score (nSPS) is 10.4. The minimum atomic E-state index is -0.400. The first-order valence-electron chi connectivity index (χ1n) is 6.58. The van der Waals surface area contributed by atoms with Gasteiger partial charge < -0.3 is 15.6 Å². The molecule has 0 aliphatic carbocycles. The number of H-pyrrole nitrogens is 1. The van der Waals surface area contributed by atoms with E-state index in [0.717, 1.165) is 5.56 Å². The molecule has 6 nitrogen and oxygen atoms in total. The van der Waals surface area contributed by atoms with Gasteiger partial charge in [0.15, 0.2) is 0 Å². The zero-order valence-electron chi connectivity index (χ0n) is 11.9. The van der Waals surface area contributed by atoms with Gasteiger partial charge in [-0.15, -0.1) is 0 Å². The first-order valence-corrected chi connectivity index (χ1v) is 6.58. The van der Waals surface area contributed by atoms with E-state index in [1.165, 1.54) is 31.5 Å². The number of hydrogen-bond donors (Lipinski definition) is 3. The summed E-state index contributed by atoms with van der Waals surface area (Å²) in [6, 6.07) is 8.34. The minimum absolute atomic E-state index is 0.143. The van der Waals surface area contributed by atoms with Crippen molar-refractivity contribution in [2.45, 2.75) is 6.92 Å². The maximum atomic E-state index is 11.7. The van der Waals surface area contributed by atoms with Crippen LogP contribution in [-0.2, 0) is 9.59 Å². The molecule has 2 aromatic rings. The summed E-state index contributed by atoms with van der Waals surface area (Å²) in [7, 11) is 0. The highest BCUT2D eigenvalue weighted by molar-refractivity contribution is 6.01. The Bertz CT molecular complexity index is 761. The molecule has 0 saturated heterocycles. The van der Waals surface area contributed by atoms with Crippen molar-refractivity contribution < 1.29 is 9.59 Å². The summed E-state index contributed by atoms with van der Waals surface area (Å²) < 4.78 is 0. The molecule has 0 saturated carbocycles. The molecule has 0 fully saturated rings. The van der Waals surface area contributed by atoms with Crippen molar-refractivity contribution in [2.24, 2.45) is 0 Å². The summed E-state index contributed by atoms with van der Waals surface area (Å²) in [5.74, 6) is -0.543. The third kappa shape index (κ3) is 4.45. The minimum Gasteiger partial charge on any atom is -0.366 e. The van der Waals surface area contributed by atoms with Crippen LogP contribution in [0.4, 0.5) is 11.4 Å². The fourth-order valence-corrected chi connectivity index (χ4v) is 1.74. The van der Waals surface area contributed by atoms with Crippen molar-refractivity contribution in [1.29, 1.82) is 0 Å². The topological polar surface area (TPSA) is 91.1 Å². The van der Waals surface area contributed by atoms with Crippen LogP contribution in [0.5, 0.6) is 0 Å². The number of benzene rings is 1. The first kappa shape index (κ1) is 15.2. The SMILES string of the molecule is CC(=O)Nc1ccc(/C=C\C(=O)Nc2c[nH]ccc2=O)cc1. The molecule has 1 aromatic heterocycles. The number of anilines is 2. The molecule has 0 bridgehead atoms. The molecule has 0 atom stereocenters. The Morgan fingerprint density at radius 1 is 1.09 bits per heavy atom. The van der Waals surface area contributed by atoms with Gasteiger partial charge in [0.2, 0.25) is 17.2 Å². The molecule has 0 aliphatic rings. The van der Waals surface area contributed by atoms with Gasteiger partial charge in [0, 0.05) is 37.1 Å². The quantitative estimate of drug-likeness (QED) is 0.754. The maximum Gasteiger partial charge on any atom is 0.248 e. The number of aromatic nitrogens is 1. The average molecular weight is 297 g/mol. The molecule has 6 heteroatoms. The van der Waals surface area contributed by atoms with Crippen LogP contribution in [0, 0.1) is 0 Å². The van der Waals surface area contributed by atoms with Gasteiger partial charge in [-0.2, -0.15) is 0 Å². The summed E-state index contributed by atoms with van der Waals surface area (Å²) in [4.78, 5) is 36.8. The van der Waals surface area contributed by atoms with E-state index in [1.807, 2.05) is 0 Å². The van der Waals surface area contributed by atoms with E-state index in [4.69, 9.17) is 0 Å². The van der Waals surface area contributed by atoms with Gasteiger partial charge in [-0.25, -0.2) is 0 Å². The fourth-order valence-electron chi connectivity index (χ4n) is 1.74. The van der Waals surface area contributed by atoms with Gasteiger partial charge >= 0.3 is 0 Å². The third-order valence-electron chi connectivity index (χ3n) is 2.74. The van der Waals surface area contributed by atoms with Crippen LogP contribution in [0.15, 0.2) is 53.6 Å². The number of pyridine rings is 1. The standard InChI is InChI=1S/C16H15N3O3/c1-11(20)18-13-5-2-12(3-6-13)4-7-16(22)19-14-10-17-9-8-15(14)21/h2-10H,1H3,(H,17,21)(H,18,20)(H,19,22)/b7-4-. The first-order chi connectivity index (χ1) is 10.5. The number of aromatic amines is 1. The lowest BCUT2D eigenvalue weighted by molar-refractivity contribution is -0.114. The molecule has 0 radical (unpaired) electrons. The molecule has 0 spiro atoms. The Kier molecular flexibility index (Phi) is 4.87. The van der Waals surface area contributed by atoms with Crippen LogP contribution in [-0.4, -0.2) is 16.8 Å². The molecule has 1 aromatic carbocycles. The van der Waals surface area contributed by atoms with Crippen LogP contribution >= 0.6 is 0 Å². The van der Waals surface area contributed by atoms with Crippen molar-refractivity contribution in [2.75, 3.05) is 10.6 Å². The predicted octanol–water partition coefficient (Wildman–Crippen LogP) is 1.99. The Labute approximate surface area is 126 Å². The molecule has 0 aliphatic heterocycles. The van der Waals surface area contributed by atoms with Gasteiger partial charge in [-0.1, -0.05) is 12.1 Å². The summed E-state index contributed by atoms with van der Waals surface area (Å²) >= 11 is 0. The van der Waals surface area contributed by atoms with Crippen molar-refractivity contribution in [3.05, 3.63) is 64.6 Å². The molecular formula is C16H15N3O3. The van der Waals surface area contributed by atoms with Crippen LogP contribution < -0.4 is 16.1 Å². The van der Waals surface area contributed by atoms with E-state index in [9.17, 15) is 14.4 Å². The van der Waals surface area contributed by atoms with Crippen molar-refractivity contribution in [1.82, 2.24) is 4.98 Å². The molecule has 3 N–H and O–H groups in total. The van der Waals surface area contributed by atoms with E-state index >= 15 is 0 Å². The average Bonchev–Trinajstić information content (AvgIpc) is 2.48. The van der Waals surface area contributed by atoms with Crippen LogP contribution in [0.1, 0.15) is 12.5 Å². The maximum absolute atomic E-state index is 11.7. The summed E-state index contributed by atoms with van der Waals surface area (Å²) in [5, 5.41) is 5.15. The number of nitrogens with one attached hydrogen (secondary N) is 3. The number of rotatable bonds is 4. The molecule has 2 rings (SSSR count). The van der Waals surface area contributed by atoms with Crippen molar-refractivity contribution in [3.63, 3.8) is 0 Å². The molecular weight excluding hydrogens is 282 g/mol.